The van der Waals surface area contributed by atoms with Crippen LogP contribution in [0.2, 0.25) is 0 Å². The Morgan fingerprint density at radius 2 is 0.843 bits per heavy atom. The van der Waals surface area contributed by atoms with Crippen LogP contribution in [0.3, 0.4) is 0 Å². The van der Waals surface area contributed by atoms with E-state index in [9.17, 15) is 0 Å². The Morgan fingerprint density at radius 3 is 1.59 bits per heavy atom. The van der Waals surface area contributed by atoms with Gasteiger partial charge in [-0.1, -0.05) is 218 Å². The van der Waals surface area contributed by atoms with Crippen molar-refractivity contribution in [1.82, 2.24) is 4.57 Å². The van der Waals surface area contributed by atoms with Gasteiger partial charge in [0.25, 0.3) is 0 Å². The van der Waals surface area contributed by atoms with Crippen LogP contribution in [0.5, 0.6) is 0 Å². The normalized spacial score (nSPS) is 13.8. The number of aromatic nitrogens is 1. The van der Waals surface area contributed by atoms with Crippen LogP contribution in [0.15, 0.2) is 273 Å². The first-order valence-corrected chi connectivity index (χ1v) is 24.3. The van der Waals surface area contributed by atoms with Gasteiger partial charge in [-0.2, -0.15) is 0 Å². The SMILES string of the molecule is CC1(c2ccccc2)c2ccccc2-c2ccc(-c3ccc(N(c4ccccc4-c4ccccc4-c4ccccc4-c4ccccc4)c4cccc5c4c4ccccc4n5-c4ccccc4)cc3)cc21. The summed E-state index contributed by atoms with van der Waals surface area (Å²) in [6.07, 6.45) is 0. The summed E-state index contributed by atoms with van der Waals surface area (Å²) in [5, 5.41) is 2.40. The Hall–Kier alpha value is -8.98. The summed E-state index contributed by atoms with van der Waals surface area (Å²) in [6.45, 7) is 2.39. The van der Waals surface area contributed by atoms with Crippen LogP contribution in [-0.4, -0.2) is 4.57 Å². The number of nitrogens with zero attached hydrogens (tertiary/aromatic N) is 2. The standard InChI is InChI=1S/C68H48N2/c1-68(50-24-7-3-8-25-50)61-35-18-15-32-57(61)58-45-42-49(46-62(58)68)47-40-43-52(44-41-47)70(66-39-21-38-65-67(66)60-34-17-20-37-64(60)69(65)51-26-9-4-10-27-51)63-36-19-16-33-59(63)56-31-14-13-30-55(56)54-29-12-11-28-53(54)48-22-5-2-6-23-48/h2-46H,1H3. The fourth-order valence-corrected chi connectivity index (χ4v) is 11.4. The molecular weight excluding hydrogens is 845 g/mol. The number of hydrogen-bond acceptors (Lipinski definition) is 1. The zero-order valence-electron chi connectivity index (χ0n) is 38.9. The number of hydrogen-bond donors (Lipinski definition) is 0. The van der Waals surface area contributed by atoms with Crippen LogP contribution in [0.4, 0.5) is 17.1 Å². The van der Waals surface area contributed by atoms with E-state index in [1.54, 1.807) is 0 Å². The maximum absolute atomic E-state index is 2.49. The summed E-state index contributed by atoms with van der Waals surface area (Å²) in [5.74, 6) is 0. The fourth-order valence-electron chi connectivity index (χ4n) is 11.4. The Morgan fingerprint density at radius 1 is 0.329 bits per heavy atom. The Kier molecular flexibility index (Phi) is 9.99. The molecule has 1 aliphatic rings. The molecule has 0 spiro atoms. The van der Waals surface area contributed by atoms with Gasteiger partial charge < -0.3 is 9.47 Å². The fraction of sp³-hybridized carbons (Fsp3) is 0.0294. The van der Waals surface area contributed by atoms with Crippen LogP contribution < -0.4 is 4.90 Å². The van der Waals surface area contributed by atoms with Gasteiger partial charge in [0.1, 0.15) is 0 Å². The summed E-state index contributed by atoms with van der Waals surface area (Å²) in [6, 6.07) is 100. The van der Waals surface area contributed by atoms with E-state index >= 15 is 0 Å². The summed E-state index contributed by atoms with van der Waals surface area (Å²) in [4.78, 5) is 2.49. The van der Waals surface area contributed by atoms with Crippen molar-refractivity contribution in [2.75, 3.05) is 4.90 Å². The lowest BCUT2D eigenvalue weighted by Gasteiger charge is -2.30. The zero-order valence-corrected chi connectivity index (χ0v) is 38.9. The molecule has 0 bridgehead atoms. The van der Waals surface area contributed by atoms with E-state index in [1.807, 2.05) is 0 Å². The minimum atomic E-state index is -0.279. The molecule has 0 radical (unpaired) electrons. The lowest BCUT2D eigenvalue weighted by molar-refractivity contribution is 0.714. The minimum Gasteiger partial charge on any atom is -0.309 e. The van der Waals surface area contributed by atoms with Crippen LogP contribution in [0.1, 0.15) is 23.6 Å². The predicted molar refractivity (Wildman–Crippen MR) is 295 cm³/mol. The molecule has 0 N–H and O–H groups in total. The molecule has 0 fully saturated rings. The van der Waals surface area contributed by atoms with E-state index in [0.29, 0.717) is 0 Å². The van der Waals surface area contributed by atoms with Gasteiger partial charge in [-0.3, -0.25) is 0 Å². The van der Waals surface area contributed by atoms with Crippen molar-refractivity contribution in [3.63, 3.8) is 0 Å². The number of benzene rings is 11. The average molecular weight is 893 g/mol. The van der Waals surface area contributed by atoms with Crippen molar-refractivity contribution in [3.05, 3.63) is 290 Å². The Bertz CT molecular complexity index is 3890. The first-order chi connectivity index (χ1) is 34.6. The molecule has 1 unspecified atom stereocenters. The smallest absolute Gasteiger partial charge is 0.0562 e. The first-order valence-electron chi connectivity index (χ1n) is 24.3. The third-order valence-corrected chi connectivity index (χ3v) is 14.7. The average Bonchev–Trinajstić information content (AvgIpc) is 3.92. The van der Waals surface area contributed by atoms with E-state index < -0.39 is 0 Å². The van der Waals surface area contributed by atoms with Gasteiger partial charge in [-0.05, 0) is 128 Å². The summed E-state index contributed by atoms with van der Waals surface area (Å²) in [5.41, 5.74) is 22.5. The summed E-state index contributed by atoms with van der Waals surface area (Å²) >= 11 is 0. The molecule has 330 valence electrons. The van der Waals surface area contributed by atoms with Crippen LogP contribution in [0, 0.1) is 0 Å². The van der Waals surface area contributed by atoms with Crippen molar-refractivity contribution < 1.29 is 0 Å². The topological polar surface area (TPSA) is 8.17 Å². The van der Waals surface area contributed by atoms with Crippen molar-refractivity contribution in [3.8, 4) is 61.3 Å². The minimum absolute atomic E-state index is 0.279. The molecule has 11 aromatic carbocycles. The van der Waals surface area contributed by atoms with E-state index in [0.717, 1.165) is 33.8 Å². The van der Waals surface area contributed by atoms with E-state index in [4.69, 9.17) is 0 Å². The van der Waals surface area contributed by atoms with Gasteiger partial charge in [-0.25, -0.2) is 0 Å². The molecule has 2 nitrogen and oxygen atoms in total. The largest absolute Gasteiger partial charge is 0.309 e. The van der Waals surface area contributed by atoms with E-state index in [1.165, 1.54) is 83.1 Å². The second-order valence-electron chi connectivity index (χ2n) is 18.5. The molecular formula is C68H48N2. The quantitative estimate of drug-likeness (QED) is 0.140. The molecule has 2 heteroatoms. The van der Waals surface area contributed by atoms with Gasteiger partial charge >= 0.3 is 0 Å². The van der Waals surface area contributed by atoms with Crippen molar-refractivity contribution in [2.24, 2.45) is 0 Å². The number of rotatable bonds is 9. The maximum atomic E-state index is 2.49. The highest BCUT2D eigenvalue weighted by Gasteiger charge is 2.40. The molecule has 0 saturated heterocycles. The number of anilines is 3. The van der Waals surface area contributed by atoms with Gasteiger partial charge in [0, 0.05) is 33.1 Å². The van der Waals surface area contributed by atoms with Gasteiger partial charge in [0.05, 0.1) is 22.4 Å². The highest BCUT2D eigenvalue weighted by molar-refractivity contribution is 6.17. The van der Waals surface area contributed by atoms with E-state index in [2.05, 4.69) is 289 Å². The van der Waals surface area contributed by atoms with Gasteiger partial charge in [0.2, 0.25) is 0 Å². The molecule has 0 saturated carbocycles. The van der Waals surface area contributed by atoms with Crippen LogP contribution >= 0.6 is 0 Å². The molecule has 1 aromatic heterocycles. The number of fused-ring (bicyclic) bond motifs is 6. The molecule has 1 heterocycles. The van der Waals surface area contributed by atoms with Crippen molar-refractivity contribution in [2.45, 2.75) is 12.3 Å². The zero-order chi connectivity index (χ0) is 46.6. The highest BCUT2D eigenvalue weighted by atomic mass is 15.2. The predicted octanol–water partition coefficient (Wildman–Crippen LogP) is 18.3. The van der Waals surface area contributed by atoms with Crippen LogP contribution in [0.25, 0.3) is 83.1 Å². The third kappa shape index (κ3) is 6.64. The van der Waals surface area contributed by atoms with Crippen molar-refractivity contribution >= 4 is 38.9 Å². The molecule has 0 aliphatic heterocycles. The van der Waals surface area contributed by atoms with Gasteiger partial charge in [0.15, 0.2) is 0 Å². The molecule has 0 amide bonds. The van der Waals surface area contributed by atoms with E-state index in [-0.39, 0.29) is 5.41 Å². The molecule has 70 heavy (non-hydrogen) atoms. The first kappa shape index (κ1) is 41.2. The van der Waals surface area contributed by atoms with Crippen LogP contribution in [-0.2, 0) is 5.41 Å². The Balaban J connectivity index is 1.01. The lowest BCUT2D eigenvalue weighted by atomic mass is 9.74. The summed E-state index contributed by atoms with van der Waals surface area (Å²) < 4.78 is 2.41. The third-order valence-electron chi connectivity index (χ3n) is 14.7. The highest BCUT2D eigenvalue weighted by Crippen LogP contribution is 2.54. The molecule has 1 atom stereocenters. The van der Waals surface area contributed by atoms with Crippen molar-refractivity contribution in [1.29, 1.82) is 0 Å². The molecule has 13 rings (SSSR count). The second kappa shape index (κ2) is 17.0. The summed E-state index contributed by atoms with van der Waals surface area (Å²) in [7, 11) is 0. The van der Waals surface area contributed by atoms with Gasteiger partial charge in [-0.15, -0.1) is 0 Å². The molecule has 12 aromatic rings. The Labute approximate surface area is 409 Å². The maximum Gasteiger partial charge on any atom is 0.0562 e. The monoisotopic (exact) mass is 892 g/mol. The number of para-hydroxylation sites is 3. The second-order valence-corrected chi connectivity index (χ2v) is 18.5. The molecule has 1 aliphatic carbocycles. The lowest BCUT2D eigenvalue weighted by Crippen LogP contribution is -2.22.